The summed E-state index contributed by atoms with van der Waals surface area (Å²) in [5.74, 6) is 2.37. The van der Waals surface area contributed by atoms with E-state index in [0.717, 1.165) is 37.7 Å². The number of anilines is 1. The van der Waals surface area contributed by atoms with E-state index in [1.807, 2.05) is 19.0 Å². The molecule has 14 heavy (non-hydrogen) atoms. The average Bonchev–Trinajstić information content (AvgIpc) is 2.68. The van der Waals surface area contributed by atoms with Gasteiger partial charge >= 0.3 is 0 Å². The van der Waals surface area contributed by atoms with Crippen LogP contribution in [0.3, 0.4) is 0 Å². The molecule has 0 atom stereocenters. The van der Waals surface area contributed by atoms with Crippen LogP contribution in [0.15, 0.2) is 0 Å². The standard InChI is InChI=1S/C9H17N5/c1-14(2)9-11-8(12-13-9)7-3-5-10-6-4-7/h7,10H,3-6H2,1-2H3,(H,11,12,13). The molecule has 1 aromatic rings. The molecule has 0 aliphatic carbocycles. The Morgan fingerprint density at radius 1 is 1.29 bits per heavy atom. The van der Waals surface area contributed by atoms with Crippen LogP contribution in [0.1, 0.15) is 24.6 Å². The topological polar surface area (TPSA) is 56.8 Å². The monoisotopic (exact) mass is 195 g/mol. The zero-order valence-corrected chi connectivity index (χ0v) is 8.75. The minimum atomic E-state index is 0.553. The highest BCUT2D eigenvalue weighted by Gasteiger charge is 2.18. The van der Waals surface area contributed by atoms with E-state index in [9.17, 15) is 0 Å². The maximum atomic E-state index is 4.46. The molecule has 0 spiro atoms. The molecule has 1 aliphatic rings. The predicted octanol–water partition coefficient (Wildman–Crippen LogP) is 0.338. The summed E-state index contributed by atoms with van der Waals surface area (Å²) < 4.78 is 0. The molecule has 78 valence electrons. The number of piperidine rings is 1. The highest BCUT2D eigenvalue weighted by Crippen LogP contribution is 2.22. The minimum absolute atomic E-state index is 0.553. The Bertz CT molecular complexity index is 287. The van der Waals surface area contributed by atoms with E-state index in [1.54, 1.807) is 0 Å². The molecule has 0 aromatic carbocycles. The Balaban J connectivity index is 2.07. The van der Waals surface area contributed by atoms with E-state index in [2.05, 4.69) is 20.5 Å². The molecule has 1 saturated heterocycles. The fourth-order valence-electron chi connectivity index (χ4n) is 1.74. The highest BCUT2D eigenvalue weighted by atomic mass is 15.3. The van der Waals surface area contributed by atoms with Gasteiger partial charge in [0, 0.05) is 20.0 Å². The number of rotatable bonds is 2. The first kappa shape index (κ1) is 9.45. The molecule has 2 heterocycles. The average molecular weight is 195 g/mol. The maximum Gasteiger partial charge on any atom is 0.244 e. The molecule has 1 aromatic heterocycles. The molecule has 0 bridgehead atoms. The van der Waals surface area contributed by atoms with E-state index in [1.165, 1.54) is 0 Å². The quantitative estimate of drug-likeness (QED) is 0.714. The van der Waals surface area contributed by atoms with Crippen LogP contribution in [0.4, 0.5) is 5.95 Å². The van der Waals surface area contributed by atoms with Crippen LogP contribution < -0.4 is 10.2 Å². The van der Waals surface area contributed by atoms with Crippen LogP contribution in [0, 0.1) is 0 Å². The summed E-state index contributed by atoms with van der Waals surface area (Å²) in [5, 5.41) is 10.5. The molecule has 0 radical (unpaired) electrons. The molecule has 5 nitrogen and oxygen atoms in total. The van der Waals surface area contributed by atoms with Crippen molar-refractivity contribution in [2.24, 2.45) is 0 Å². The van der Waals surface area contributed by atoms with Crippen molar-refractivity contribution in [2.75, 3.05) is 32.1 Å². The summed E-state index contributed by atoms with van der Waals surface area (Å²) in [6.07, 6.45) is 2.31. The predicted molar refractivity (Wildman–Crippen MR) is 55.6 cm³/mol. The van der Waals surface area contributed by atoms with Crippen molar-refractivity contribution in [3.63, 3.8) is 0 Å². The van der Waals surface area contributed by atoms with Crippen LogP contribution in [-0.2, 0) is 0 Å². The second-order valence-corrected chi connectivity index (χ2v) is 3.94. The van der Waals surface area contributed by atoms with Gasteiger partial charge in [-0.3, -0.25) is 5.10 Å². The van der Waals surface area contributed by atoms with Crippen molar-refractivity contribution in [2.45, 2.75) is 18.8 Å². The maximum absolute atomic E-state index is 4.46. The SMILES string of the molecule is CN(C)c1n[nH]c(C2CCNCC2)n1. The van der Waals surface area contributed by atoms with Gasteiger partial charge in [0.1, 0.15) is 5.82 Å². The van der Waals surface area contributed by atoms with Crippen molar-refractivity contribution >= 4 is 5.95 Å². The van der Waals surface area contributed by atoms with Crippen molar-refractivity contribution < 1.29 is 0 Å². The summed E-state index contributed by atoms with van der Waals surface area (Å²) in [4.78, 5) is 6.38. The van der Waals surface area contributed by atoms with Gasteiger partial charge in [-0.25, -0.2) is 0 Å². The summed E-state index contributed by atoms with van der Waals surface area (Å²) in [6, 6.07) is 0. The minimum Gasteiger partial charge on any atom is -0.346 e. The molecular weight excluding hydrogens is 178 g/mol. The Labute approximate surface area is 83.9 Å². The number of nitrogens with zero attached hydrogens (tertiary/aromatic N) is 3. The van der Waals surface area contributed by atoms with Gasteiger partial charge in [-0.15, -0.1) is 5.10 Å². The second kappa shape index (κ2) is 3.96. The van der Waals surface area contributed by atoms with Gasteiger partial charge in [-0.05, 0) is 25.9 Å². The second-order valence-electron chi connectivity index (χ2n) is 3.94. The first-order valence-electron chi connectivity index (χ1n) is 5.07. The molecule has 2 N–H and O–H groups in total. The number of aromatic nitrogens is 3. The zero-order valence-electron chi connectivity index (χ0n) is 8.75. The van der Waals surface area contributed by atoms with Gasteiger partial charge in [-0.1, -0.05) is 0 Å². The summed E-state index contributed by atoms with van der Waals surface area (Å²) >= 11 is 0. The van der Waals surface area contributed by atoms with Crippen molar-refractivity contribution in [1.82, 2.24) is 20.5 Å². The fourth-order valence-corrected chi connectivity index (χ4v) is 1.74. The van der Waals surface area contributed by atoms with E-state index < -0.39 is 0 Å². The lowest BCUT2D eigenvalue weighted by Crippen LogP contribution is -2.27. The summed E-state index contributed by atoms with van der Waals surface area (Å²) in [5.41, 5.74) is 0. The molecular formula is C9H17N5. The van der Waals surface area contributed by atoms with Crippen LogP contribution in [-0.4, -0.2) is 42.4 Å². The molecule has 2 rings (SSSR count). The van der Waals surface area contributed by atoms with Crippen LogP contribution >= 0.6 is 0 Å². The normalized spacial score (nSPS) is 18.4. The number of hydrogen-bond donors (Lipinski definition) is 2. The summed E-state index contributed by atoms with van der Waals surface area (Å²) in [7, 11) is 3.91. The van der Waals surface area contributed by atoms with Gasteiger partial charge in [0.15, 0.2) is 0 Å². The van der Waals surface area contributed by atoms with E-state index in [0.29, 0.717) is 5.92 Å². The molecule has 0 unspecified atom stereocenters. The van der Waals surface area contributed by atoms with Gasteiger partial charge in [-0.2, -0.15) is 4.98 Å². The lowest BCUT2D eigenvalue weighted by Gasteiger charge is -2.19. The third kappa shape index (κ3) is 1.87. The van der Waals surface area contributed by atoms with E-state index >= 15 is 0 Å². The van der Waals surface area contributed by atoms with E-state index in [-0.39, 0.29) is 0 Å². The molecule has 0 saturated carbocycles. The van der Waals surface area contributed by atoms with Crippen LogP contribution in [0.5, 0.6) is 0 Å². The molecule has 1 fully saturated rings. The summed E-state index contributed by atoms with van der Waals surface area (Å²) in [6.45, 7) is 2.17. The Morgan fingerprint density at radius 3 is 2.57 bits per heavy atom. The van der Waals surface area contributed by atoms with Crippen molar-refractivity contribution in [3.8, 4) is 0 Å². The van der Waals surface area contributed by atoms with Crippen molar-refractivity contribution in [3.05, 3.63) is 5.82 Å². The Morgan fingerprint density at radius 2 is 2.00 bits per heavy atom. The first-order chi connectivity index (χ1) is 6.77. The Hall–Kier alpha value is -1.10. The molecule has 5 heteroatoms. The third-order valence-corrected chi connectivity index (χ3v) is 2.62. The largest absolute Gasteiger partial charge is 0.346 e. The number of nitrogens with one attached hydrogen (secondary N) is 2. The lowest BCUT2D eigenvalue weighted by molar-refractivity contribution is 0.446. The number of H-pyrrole nitrogens is 1. The first-order valence-corrected chi connectivity index (χ1v) is 5.07. The molecule has 0 amide bonds. The zero-order chi connectivity index (χ0) is 9.97. The van der Waals surface area contributed by atoms with Crippen LogP contribution in [0.25, 0.3) is 0 Å². The van der Waals surface area contributed by atoms with Crippen LogP contribution in [0.2, 0.25) is 0 Å². The van der Waals surface area contributed by atoms with Gasteiger partial charge in [0.2, 0.25) is 5.95 Å². The number of hydrogen-bond acceptors (Lipinski definition) is 4. The van der Waals surface area contributed by atoms with Gasteiger partial charge < -0.3 is 10.2 Å². The van der Waals surface area contributed by atoms with Crippen molar-refractivity contribution in [1.29, 1.82) is 0 Å². The van der Waals surface area contributed by atoms with E-state index in [4.69, 9.17) is 0 Å². The highest BCUT2D eigenvalue weighted by molar-refractivity contribution is 5.25. The smallest absolute Gasteiger partial charge is 0.244 e. The lowest BCUT2D eigenvalue weighted by atomic mass is 9.98. The van der Waals surface area contributed by atoms with Gasteiger partial charge in [0.25, 0.3) is 0 Å². The number of aromatic amines is 1. The third-order valence-electron chi connectivity index (χ3n) is 2.62. The Kier molecular flexibility index (Phi) is 2.67. The molecule has 1 aliphatic heterocycles. The fraction of sp³-hybridized carbons (Fsp3) is 0.778. The van der Waals surface area contributed by atoms with Gasteiger partial charge in [0.05, 0.1) is 0 Å².